The average molecular weight is 315 g/mol. The first-order valence-electron chi connectivity index (χ1n) is 10.4. The summed E-state index contributed by atoms with van der Waals surface area (Å²) in [5.41, 5.74) is 0. The normalized spacial score (nSPS) is 19.6. The molecule has 0 heteroatoms. The summed E-state index contributed by atoms with van der Waals surface area (Å²) < 4.78 is 0. The van der Waals surface area contributed by atoms with Crippen LogP contribution in [0.2, 0.25) is 0 Å². The van der Waals surface area contributed by atoms with Gasteiger partial charge in [0.05, 0.1) is 0 Å². The van der Waals surface area contributed by atoms with Crippen molar-refractivity contribution in [1.82, 2.24) is 0 Å². The fourth-order valence-corrected chi connectivity index (χ4v) is 2.31. The van der Waals surface area contributed by atoms with E-state index in [2.05, 4.69) is 55.4 Å². The molecule has 138 valence electrons. The van der Waals surface area contributed by atoms with E-state index in [0.29, 0.717) is 0 Å². The van der Waals surface area contributed by atoms with Crippen molar-refractivity contribution in [2.75, 3.05) is 0 Å². The van der Waals surface area contributed by atoms with Crippen molar-refractivity contribution in [3.05, 3.63) is 0 Å². The van der Waals surface area contributed by atoms with E-state index in [9.17, 15) is 0 Å². The smallest absolute Gasteiger partial charge is 0.0414 e. The van der Waals surface area contributed by atoms with Crippen LogP contribution in [0.25, 0.3) is 0 Å². The molecule has 0 amide bonds. The van der Waals surface area contributed by atoms with Crippen LogP contribution in [0.5, 0.6) is 0 Å². The topological polar surface area (TPSA) is 0 Å². The molecule has 0 N–H and O–H groups in total. The van der Waals surface area contributed by atoms with Crippen molar-refractivity contribution in [2.45, 2.75) is 121 Å². The zero-order valence-corrected chi connectivity index (χ0v) is 18.0. The van der Waals surface area contributed by atoms with Gasteiger partial charge in [-0.05, 0) is 30.1 Å². The van der Waals surface area contributed by atoms with Crippen LogP contribution in [0.15, 0.2) is 0 Å². The second-order valence-corrected chi connectivity index (χ2v) is 7.53. The third kappa shape index (κ3) is 25.0. The van der Waals surface area contributed by atoms with E-state index >= 15 is 0 Å². The van der Waals surface area contributed by atoms with Gasteiger partial charge in [0.15, 0.2) is 0 Å². The van der Waals surface area contributed by atoms with Crippen molar-refractivity contribution >= 4 is 0 Å². The van der Waals surface area contributed by atoms with Gasteiger partial charge in [-0.15, -0.1) is 0 Å². The van der Waals surface area contributed by atoms with E-state index in [0.717, 1.165) is 23.7 Å². The molecule has 22 heavy (non-hydrogen) atoms. The third-order valence-electron chi connectivity index (χ3n) is 4.33. The number of hydrogen-bond donors (Lipinski definition) is 0. The van der Waals surface area contributed by atoms with Crippen LogP contribution in [-0.2, 0) is 0 Å². The zero-order valence-electron chi connectivity index (χ0n) is 18.0. The molecule has 2 unspecified atom stereocenters. The van der Waals surface area contributed by atoms with Crippen molar-refractivity contribution in [1.29, 1.82) is 0 Å². The summed E-state index contributed by atoms with van der Waals surface area (Å²) in [4.78, 5) is 0. The maximum absolute atomic E-state index is 2.37. The highest BCUT2D eigenvalue weighted by atomic mass is 14.2. The molecule has 0 aromatic rings. The number of hydrogen-bond acceptors (Lipinski definition) is 0. The Labute approximate surface area is 144 Å². The van der Waals surface area contributed by atoms with Crippen LogP contribution < -0.4 is 0 Å². The molecule has 2 atom stereocenters. The minimum absolute atomic E-state index is 0.884. The van der Waals surface area contributed by atoms with Crippen LogP contribution in [0, 0.1) is 23.7 Å². The summed E-state index contributed by atoms with van der Waals surface area (Å²) >= 11 is 0. The Kier molecular flexibility index (Phi) is 25.7. The minimum Gasteiger partial charge on any atom is -0.0683 e. The summed E-state index contributed by atoms with van der Waals surface area (Å²) in [5.74, 6) is 3.89. The molecule has 0 bridgehead atoms. The summed E-state index contributed by atoms with van der Waals surface area (Å²) in [5, 5.41) is 0. The molecule has 0 aromatic carbocycles. The molecule has 0 aromatic heterocycles. The molecule has 1 rings (SSSR count). The number of unbranched alkanes of at least 4 members (excludes halogenated alkanes) is 1. The van der Waals surface area contributed by atoms with E-state index in [-0.39, 0.29) is 0 Å². The highest BCUT2D eigenvalue weighted by molar-refractivity contribution is 4.70. The fourth-order valence-electron chi connectivity index (χ4n) is 2.31. The molecule has 1 fully saturated rings. The van der Waals surface area contributed by atoms with Crippen LogP contribution in [0.3, 0.4) is 0 Å². The SMILES string of the molecule is CC.CCC(C)C.CCC1CCC(C)C1.CCCCC(C)C. The highest BCUT2D eigenvalue weighted by Gasteiger charge is 2.18. The molecule has 0 radical (unpaired) electrons. The fraction of sp³-hybridized carbons (Fsp3) is 1.00. The largest absolute Gasteiger partial charge is 0.0683 e. The quantitative estimate of drug-likeness (QED) is 0.475. The Morgan fingerprint density at radius 1 is 0.864 bits per heavy atom. The van der Waals surface area contributed by atoms with Crippen molar-refractivity contribution in [3.63, 3.8) is 0 Å². The Morgan fingerprint density at radius 2 is 1.36 bits per heavy atom. The summed E-state index contributed by atoms with van der Waals surface area (Å²) in [7, 11) is 0. The molecule has 0 spiro atoms. The van der Waals surface area contributed by atoms with Gasteiger partial charge in [-0.2, -0.15) is 0 Å². The maximum atomic E-state index is 2.37. The predicted molar refractivity (Wildman–Crippen MR) is 108 cm³/mol. The summed E-state index contributed by atoms with van der Waals surface area (Å²) in [6.07, 6.45) is 11.3. The average Bonchev–Trinajstić information content (AvgIpc) is 2.94. The van der Waals surface area contributed by atoms with Gasteiger partial charge < -0.3 is 0 Å². The first-order chi connectivity index (χ1) is 10.4. The maximum Gasteiger partial charge on any atom is -0.0414 e. The zero-order chi connectivity index (χ0) is 18.0. The molecule has 0 heterocycles. The van der Waals surface area contributed by atoms with Gasteiger partial charge in [0, 0.05) is 0 Å². The monoisotopic (exact) mass is 314 g/mol. The lowest BCUT2D eigenvalue weighted by Crippen LogP contribution is -1.89. The Hall–Kier alpha value is 0. The van der Waals surface area contributed by atoms with Crippen molar-refractivity contribution in [2.24, 2.45) is 23.7 Å². The predicted octanol–water partition coefficient (Wildman–Crippen LogP) is 8.74. The molecular weight excluding hydrogens is 264 g/mol. The van der Waals surface area contributed by atoms with Crippen LogP contribution >= 0.6 is 0 Å². The minimum atomic E-state index is 0.884. The van der Waals surface area contributed by atoms with E-state index in [1.165, 1.54) is 51.4 Å². The van der Waals surface area contributed by atoms with Gasteiger partial charge >= 0.3 is 0 Å². The van der Waals surface area contributed by atoms with Gasteiger partial charge in [-0.3, -0.25) is 0 Å². The molecule has 1 saturated carbocycles. The Morgan fingerprint density at radius 3 is 1.50 bits per heavy atom. The van der Waals surface area contributed by atoms with Crippen LogP contribution in [0.4, 0.5) is 0 Å². The second-order valence-electron chi connectivity index (χ2n) is 7.53. The van der Waals surface area contributed by atoms with Gasteiger partial charge in [-0.25, -0.2) is 0 Å². The van der Waals surface area contributed by atoms with Gasteiger partial charge in [0.1, 0.15) is 0 Å². The lowest BCUT2D eigenvalue weighted by molar-refractivity contribution is 0.501. The standard InChI is InChI=1S/C8H16.C7H16.C5H12.C2H6/c1-3-8-5-4-7(2)6-8;1-4-5-6-7(2)3;1-4-5(2)3;1-2/h7-8H,3-6H2,1-2H3;7H,4-6H2,1-3H3;5H,4H2,1-3H3;1-2H3. The van der Waals surface area contributed by atoms with Crippen molar-refractivity contribution < 1.29 is 0 Å². The van der Waals surface area contributed by atoms with E-state index in [1.807, 2.05) is 13.8 Å². The summed E-state index contributed by atoms with van der Waals surface area (Å²) in [6.45, 7) is 22.1. The van der Waals surface area contributed by atoms with Gasteiger partial charge in [-0.1, -0.05) is 114 Å². The lowest BCUT2D eigenvalue weighted by Gasteiger charge is -2.02. The summed E-state index contributed by atoms with van der Waals surface area (Å²) in [6, 6.07) is 0. The number of rotatable bonds is 5. The molecular formula is C22H50. The second kappa shape index (κ2) is 21.0. The lowest BCUT2D eigenvalue weighted by atomic mass is 10.0. The molecule has 0 saturated heterocycles. The van der Waals surface area contributed by atoms with Gasteiger partial charge in [0.25, 0.3) is 0 Å². The molecule has 1 aliphatic carbocycles. The first kappa shape index (κ1) is 26.9. The molecule has 1 aliphatic rings. The van der Waals surface area contributed by atoms with E-state index in [1.54, 1.807) is 0 Å². The first-order valence-corrected chi connectivity index (χ1v) is 10.4. The molecule has 0 aliphatic heterocycles. The van der Waals surface area contributed by atoms with Gasteiger partial charge in [0.2, 0.25) is 0 Å². The third-order valence-corrected chi connectivity index (χ3v) is 4.33. The molecule has 0 nitrogen and oxygen atoms in total. The Bertz CT molecular complexity index is 169. The van der Waals surface area contributed by atoms with E-state index < -0.39 is 0 Å². The van der Waals surface area contributed by atoms with Crippen LogP contribution in [-0.4, -0.2) is 0 Å². The van der Waals surface area contributed by atoms with E-state index in [4.69, 9.17) is 0 Å². The van der Waals surface area contributed by atoms with Crippen LogP contribution in [0.1, 0.15) is 121 Å². The van der Waals surface area contributed by atoms with Crippen molar-refractivity contribution in [3.8, 4) is 0 Å². The Balaban J connectivity index is -0.000000239. The highest BCUT2D eigenvalue weighted by Crippen LogP contribution is 2.31.